The molecule has 2 aromatic rings. The number of ether oxygens (including phenoxy) is 1. The number of amides is 1. The third-order valence-corrected chi connectivity index (χ3v) is 3.60. The van der Waals surface area contributed by atoms with Crippen LogP contribution in [0.3, 0.4) is 0 Å². The van der Waals surface area contributed by atoms with Crippen LogP contribution in [0.4, 0.5) is 13.2 Å². The maximum Gasteiger partial charge on any atom is 0.411 e. The fourth-order valence-corrected chi connectivity index (χ4v) is 2.37. The lowest BCUT2D eigenvalue weighted by atomic mass is 10.1. The van der Waals surface area contributed by atoms with Crippen LogP contribution >= 0.6 is 0 Å². The molecule has 0 aliphatic rings. The summed E-state index contributed by atoms with van der Waals surface area (Å²) in [6.45, 7) is 2.61. The summed E-state index contributed by atoms with van der Waals surface area (Å²) < 4.78 is 41.9. The Bertz CT molecular complexity index is 736. The third kappa shape index (κ3) is 5.05. The van der Waals surface area contributed by atoms with Gasteiger partial charge in [-0.15, -0.1) is 0 Å². The van der Waals surface area contributed by atoms with Gasteiger partial charge in [0.1, 0.15) is 12.3 Å². The molecule has 1 amide bonds. The minimum absolute atomic E-state index is 0.0813. The van der Waals surface area contributed by atoms with Gasteiger partial charge in [-0.2, -0.15) is 23.4 Å². The maximum atomic E-state index is 12.0. The predicted molar refractivity (Wildman–Crippen MR) is 84.1 cm³/mol. The number of hydrogen-bond acceptors (Lipinski definition) is 4. The van der Waals surface area contributed by atoms with Crippen molar-refractivity contribution < 1.29 is 22.7 Å². The Morgan fingerprint density at radius 1 is 1.40 bits per heavy atom. The molecule has 0 aliphatic carbocycles. The van der Waals surface area contributed by atoms with Gasteiger partial charge in [-0.05, 0) is 26.3 Å². The van der Waals surface area contributed by atoms with Crippen LogP contribution in [0.15, 0.2) is 6.07 Å². The number of carbonyl (C=O) groups is 1. The van der Waals surface area contributed by atoms with Gasteiger partial charge in [-0.3, -0.25) is 14.6 Å². The van der Waals surface area contributed by atoms with Crippen LogP contribution in [0.25, 0.3) is 11.3 Å². The lowest BCUT2D eigenvalue weighted by Crippen LogP contribution is -2.26. The average molecular weight is 359 g/mol. The molecule has 0 radical (unpaired) electrons. The first-order valence-electron chi connectivity index (χ1n) is 7.67. The zero-order valence-electron chi connectivity index (χ0n) is 14.2. The number of nitrogens with one attached hydrogen (secondary N) is 2. The van der Waals surface area contributed by atoms with E-state index in [2.05, 4.69) is 25.3 Å². The van der Waals surface area contributed by atoms with Crippen LogP contribution in [0.2, 0.25) is 0 Å². The van der Waals surface area contributed by atoms with E-state index < -0.39 is 12.8 Å². The van der Waals surface area contributed by atoms with E-state index in [0.29, 0.717) is 5.69 Å². The summed E-state index contributed by atoms with van der Waals surface area (Å²) in [6.07, 6.45) is -4.05. The molecule has 0 spiro atoms. The highest BCUT2D eigenvalue weighted by molar-refractivity contribution is 5.93. The summed E-state index contributed by atoms with van der Waals surface area (Å²) in [7, 11) is 1.83. The van der Waals surface area contributed by atoms with Gasteiger partial charge in [-0.1, -0.05) is 0 Å². The van der Waals surface area contributed by atoms with Gasteiger partial charge in [0.15, 0.2) is 0 Å². The van der Waals surface area contributed by atoms with Crippen LogP contribution < -0.4 is 5.32 Å². The first-order chi connectivity index (χ1) is 11.7. The number of hydrogen-bond donors (Lipinski definition) is 2. The van der Waals surface area contributed by atoms with E-state index in [0.717, 1.165) is 17.0 Å². The summed E-state index contributed by atoms with van der Waals surface area (Å²) in [6, 6.07) is 1.62. The average Bonchev–Trinajstić information content (AvgIpc) is 3.07. The number of aromatic nitrogens is 4. The Hall–Kier alpha value is -2.36. The van der Waals surface area contributed by atoms with Crippen molar-refractivity contribution >= 4 is 5.91 Å². The second-order valence-corrected chi connectivity index (χ2v) is 5.61. The molecule has 2 N–H and O–H groups in total. The lowest BCUT2D eigenvalue weighted by Gasteiger charge is -2.07. The molecule has 0 saturated carbocycles. The fourth-order valence-electron chi connectivity index (χ4n) is 2.37. The van der Waals surface area contributed by atoms with Gasteiger partial charge in [0, 0.05) is 31.5 Å². The quantitative estimate of drug-likeness (QED) is 0.742. The van der Waals surface area contributed by atoms with Crippen molar-refractivity contribution in [1.82, 2.24) is 25.3 Å². The molecular weight excluding hydrogens is 339 g/mol. The zero-order valence-corrected chi connectivity index (χ0v) is 14.2. The van der Waals surface area contributed by atoms with Gasteiger partial charge in [-0.25, -0.2) is 0 Å². The first-order valence-corrected chi connectivity index (χ1v) is 7.67. The van der Waals surface area contributed by atoms with Crippen LogP contribution in [0.1, 0.15) is 28.3 Å². The molecule has 2 aromatic heterocycles. The number of halogens is 3. The van der Waals surface area contributed by atoms with Crippen molar-refractivity contribution in [3.05, 3.63) is 23.1 Å². The number of H-pyrrole nitrogens is 1. The highest BCUT2D eigenvalue weighted by Crippen LogP contribution is 2.25. The first kappa shape index (κ1) is 19.0. The summed E-state index contributed by atoms with van der Waals surface area (Å²) in [4.78, 5) is 12.0. The van der Waals surface area contributed by atoms with Gasteiger partial charge in [0.2, 0.25) is 0 Å². The number of alkyl halides is 3. The predicted octanol–water partition coefficient (Wildman–Crippen LogP) is 2.13. The van der Waals surface area contributed by atoms with Crippen LogP contribution in [0.5, 0.6) is 0 Å². The minimum Gasteiger partial charge on any atom is -0.372 e. The Labute approximate surface area is 142 Å². The molecule has 2 heterocycles. The van der Waals surface area contributed by atoms with Crippen molar-refractivity contribution in [3.8, 4) is 11.3 Å². The summed E-state index contributed by atoms with van der Waals surface area (Å²) >= 11 is 0. The largest absolute Gasteiger partial charge is 0.411 e. The summed E-state index contributed by atoms with van der Waals surface area (Å²) in [5.74, 6) is -0.381. The molecule has 0 atom stereocenters. The van der Waals surface area contributed by atoms with Crippen molar-refractivity contribution in [2.24, 2.45) is 7.05 Å². The molecule has 2 rings (SSSR count). The monoisotopic (exact) mass is 359 g/mol. The molecule has 0 unspecified atom stereocenters. The Balaban J connectivity index is 1.85. The summed E-state index contributed by atoms with van der Waals surface area (Å²) in [5.41, 5.74) is 3.48. The van der Waals surface area contributed by atoms with E-state index in [4.69, 9.17) is 0 Å². The molecular formula is C15H20F3N5O2. The topological polar surface area (TPSA) is 84.8 Å². The summed E-state index contributed by atoms with van der Waals surface area (Å²) in [5, 5.41) is 13.7. The van der Waals surface area contributed by atoms with Gasteiger partial charge in [0.05, 0.1) is 11.4 Å². The Kier molecular flexibility index (Phi) is 5.83. The third-order valence-electron chi connectivity index (χ3n) is 3.60. The van der Waals surface area contributed by atoms with E-state index in [1.54, 1.807) is 10.7 Å². The highest BCUT2D eigenvalue weighted by Gasteiger charge is 2.27. The number of aryl methyl sites for hydroxylation is 2. The van der Waals surface area contributed by atoms with E-state index in [-0.39, 0.29) is 31.2 Å². The maximum absolute atomic E-state index is 12.0. The van der Waals surface area contributed by atoms with Gasteiger partial charge >= 0.3 is 6.18 Å². The van der Waals surface area contributed by atoms with Crippen LogP contribution in [0, 0.1) is 13.8 Å². The second-order valence-electron chi connectivity index (χ2n) is 5.61. The standard InChI is InChI=1S/C15H20F3N5O2/c1-9-13(10(2)23(3)22-9)11-7-12(21-20-11)14(24)19-5-4-6-25-8-15(16,17)18/h7H,4-6,8H2,1-3H3,(H,19,24)(H,20,21). The van der Waals surface area contributed by atoms with Crippen molar-refractivity contribution in [2.45, 2.75) is 26.4 Å². The van der Waals surface area contributed by atoms with Gasteiger partial charge < -0.3 is 10.1 Å². The molecule has 7 nitrogen and oxygen atoms in total. The number of rotatable bonds is 7. The Morgan fingerprint density at radius 2 is 2.12 bits per heavy atom. The molecule has 0 saturated heterocycles. The Morgan fingerprint density at radius 3 is 2.72 bits per heavy atom. The molecule has 0 aromatic carbocycles. The van der Waals surface area contributed by atoms with E-state index >= 15 is 0 Å². The fraction of sp³-hybridized carbons (Fsp3) is 0.533. The minimum atomic E-state index is -4.34. The normalized spacial score (nSPS) is 11.8. The molecule has 25 heavy (non-hydrogen) atoms. The number of nitrogens with zero attached hydrogens (tertiary/aromatic N) is 3. The van der Waals surface area contributed by atoms with Crippen molar-refractivity contribution in [2.75, 3.05) is 19.8 Å². The number of carbonyl (C=O) groups excluding carboxylic acids is 1. The molecule has 0 fully saturated rings. The van der Waals surface area contributed by atoms with Crippen LogP contribution in [-0.4, -0.2) is 51.8 Å². The molecule has 138 valence electrons. The molecule has 0 bridgehead atoms. The van der Waals surface area contributed by atoms with Crippen molar-refractivity contribution in [1.29, 1.82) is 0 Å². The van der Waals surface area contributed by atoms with E-state index in [1.807, 2.05) is 20.9 Å². The SMILES string of the molecule is Cc1nn(C)c(C)c1-c1cc(C(=O)NCCCOCC(F)(F)F)[nH]n1. The second kappa shape index (κ2) is 7.68. The number of aromatic amines is 1. The molecule has 0 aliphatic heterocycles. The smallest absolute Gasteiger partial charge is 0.372 e. The molecule has 10 heteroatoms. The lowest BCUT2D eigenvalue weighted by molar-refractivity contribution is -0.173. The van der Waals surface area contributed by atoms with Crippen molar-refractivity contribution in [3.63, 3.8) is 0 Å². The van der Waals surface area contributed by atoms with E-state index in [1.165, 1.54) is 0 Å². The highest BCUT2D eigenvalue weighted by atomic mass is 19.4. The van der Waals surface area contributed by atoms with Gasteiger partial charge in [0.25, 0.3) is 5.91 Å². The van der Waals surface area contributed by atoms with E-state index in [9.17, 15) is 18.0 Å². The van der Waals surface area contributed by atoms with Crippen LogP contribution in [-0.2, 0) is 11.8 Å². The zero-order chi connectivity index (χ0) is 18.6.